The van der Waals surface area contributed by atoms with Gasteiger partial charge in [-0.05, 0) is 58.6 Å². The molecule has 2 fully saturated rings. The molecule has 0 radical (unpaired) electrons. The number of fused-ring (bicyclic) bond motifs is 1. The molecule has 2 aliphatic rings. The minimum absolute atomic E-state index is 0.0276. The summed E-state index contributed by atoms with van der Waals surface area (Å²) in [5.74, 6) is 1.18. The van der Waals surface area contributed by atoms with Crippen LogP contribution >= 0.6 is 11.6 Å². The average Bonchev–Trinajstić information content (AvgIpc) is 3.59. The molecule has 39 heavy (non-hydrogen) atoms. The quantitative estimate of drug-likeness (QED) is 0.351. The molecule has 2 atom stereocenters. The van der Waals surface area contributed by atoms with E-state index in [0.717, 1.165) is 12.8 Å². The summed E-state index contributed by atoms with van der Waals surface area (Å²) in [6.45, 7) is 8.83. The standard InChI is InChI=1S/C28H33ClFN5O4/c1-16(19-7-9-21(23(29)24(19)30)37-14-17-5-6-17)33-26-25-20(31-15-32-26)8-10-22(34-25)38-18-11-12-35(13-18)27(36)39-28(2,3)4/h7-10,15-18H,5-6,11-14H2,1-4H3,(H,31,32,33)/t16?,18-/m0/s1. The van der Waals surface area contributed by atoms with E-state index >= 15 is 4.39 Å². The number of pyridine rings is 1. The van der Waals surface area contributed by atoms with Gasteiger partial charge in [0.25, 0.3) is 0 Å². The number of hydrogen-bond donors (Lipinski definition) is 1. The molecule has 208 valence electrons. The van der Waals surface area contributed by atoms with Gasteiger partial charge in [-0.15, -0.1) is 0 Å². The third kappa shape index (κ3) is 6.61. The Balaban J connectivity index is 1.28. The van der Waals surface area contributed by atoms with Crippen LogP contribution in [0.25, 0.3) is 11.0 Å². The molecule has 3 aromatic rings. The number of halogens is 2. The summed E-state index contributed by atoms with van der Waals surface area (Å²) in [5, 5.41) is 3.21. The summed E-state index contributed by atoms with van der Waals surface area (Å²) in [6, 6.07) is 6.42. The molecule has 1 saturated carbocycles. The van der Waals surface area contributed by atoms with Gasteiger partial charge in [0.15, 0.2) is 11.6 Å². The fraction of sp³-hybridized carbons (Fsp3) is 0.500. The Kier molecular flexibility index (Phi) is 7.66. The molecule has 5 rings (SSSR count). The van der Waals surface area contributed by atoms with E-state index in [1.165, 1.54) is 6.33 Å². The summed E-state index contributed by atoms with van der Waals surface area (Å²) in [4.78, 5) is 27.3. The molecule has 1 N–H and O–H groups in total. The lowest BCUT2D eigenvalue weighted by atomic mass is 10.1. The van der Waals surface area contributed by atoms with Gasteiger partial charge in [0, 0.05) is 24.6 Å². The first kappa shape index (κ1) is 27.2. The van der Waals surface area contributed by atoms with Crippen molar-refractivity contribution in [2.24, 2.45) is 5.92 Å². The lowest BCUT2D eigenvalue weighted by molar-refractivity contribution is 0.0275. The molecule has 9 nitrogen and oxygen atoms in total. The van der Waals surface area contributed by atoms with E-state index < -0.39 is 17.5 Å². The van der Waals surface area contributed by atoms with Crippen LogP contribution in [0.15, 0.2) is 30.6 Å². The Labute approximate surface area is 232 Å². The molecule has 1 aromatic carbocycles. The fourth-order valence-electron chi connectivity index (χ4n) is 4.35. The van der Waals surface area contributed by atoms with Crippen LogP contribution in [-0.2, 0) is 4.74 Å². The number of nitrogens with one attached hydrogen (secondary N) is 1. The van der Waals surface area contributed by atoms with Crippen molar-refractivity contribution in [2.45, 2.75) is 64.7 Å². The van der Waals surface area contributed by atoms with Crippen molar-refractivity contribution in [1.29, 1.82) is 0 Å². The van der Waals surface area contributed by atoms with Gasteiger partial charge in [-0.25, -0.2) is 24.1 Å². The van der Waals surface area contributed by atoms with Crippen molar-refractivity contribution in [3.63, 3.8) is 0 Å². The fourth-order valence-corrected chi connectivity index (χ4v) is 4.58. The van der Waals surface area contributed by atoms with Crippen molar-refractivity contribution in [3.05, 3.63) is 47.0 Å². The topological polar surface area (TPSA) is 98.7 Å². The minimum atomic E-state index is -0.559. The van der Waals surface area contributed by atoms with Crippen molar-refractivity contribution in [1.82, 2.24) is 19.9 Å². The van der Waals surface area contributed by atoms with E-state index in [4.69, 9.17) is 25.8 Å². The van der Waals surface area contributed by atoms with Crippen molar-refractivity contribution >= 4 is 34.5 Å². The smallest absolute Gasteiger partial charge is 0.410 e. The van der Waals surface area contributed by atoms with Crippen LogP contribution in [0.5, 0.6) is 11.6 Å². The maximum Gasteiger partial charge on any atom is 0.410 e. The Hall–Kier alpha value is -3.40. The maximum absolute atomic E-state index is 15.2. The van der Waals surface area contributed by atoms with Crippen LogP contribution in [0.4, 0.5) is 15.0 Å². The third-order valence-corrected chi connectivity index (χ3v) is 6.96. The molecule has 1 aliphatic heterocycles. The van der Waals surface area contributed by atoms with Crippen LogP contribution in [0, 0.1) is 11.7 Å². The number of amides is 1. The highest BCUT2D eigenvalue weighted by atomic mass is 35.5. The van der Waals surface area contributed by atoms with E-state index in [1.807, 2.05) is 27.7 Å². The molecule has 0 spiro atoms. The Morgan fingerprint density at radius 1 is 1.21 bits per heavy atom. The van der Waals surface area contributed by atoms with Crippen molar-refractivity contribution < 1.29 is 23.4 Å². The number of nitrogens with zero attached hydrogens (tertiary/aromatic N) is 4. The molecule has 1 saturated heterocycles. The van der Waals surface area contributed by atoms with E-state index in [0.29, 0.717) is 66.1 Å². The van der Waals surface area contributed by atoms with Crippen LogP contribution < -0.4 is 14.8 Å². The lowest BCUT2D eigenvalue weighted by Gasteiger charge is -2.24. The second-order valence-corrected chi connectivity index (χ2v) is 11.5. The zero-order chi connectivity index (χ0) is 27.7. The number of hydrogen-bond acceptors (Lipinski definition) is 8. The van der Waals surface area contributed by atoms with Crippen molar-refractivity contribution in [2.75, 3.05) is 25.0 Å². The summed E-state index contributed by atoms with van der Waals surface area (Å²) < 4.78 is 32.4. The summed E-state index contributed by atoms with van der Waals surface area (Å²) in [7, 11) is 0. The Bertz CT molecular complexity index is 1360. The second kappa shape index (κ2) is 11.0. The molecule has 0 bridgehead atoms. The van der Waals surface area contributed by atoms with Gasteiger partial charge in [0.2, 0.25) is 5.88 Å². The normalized spacial score (nSPS) is 18.2. The lowest BCUT2D eigenvalue weighted by Crippen LogP contribution is -2.36. The second-order valence-electron chi connectivity index (χ2n) is 11.1. The number of carbonyl (C=O) groups is 1. The number of ether oxygens (including phenoxy) is 3. The highest BCUT2D eigenvalue weighted by molar-refractivity contribution is 6.32. The number of aromatic nitrogens is 3. The van der Waals surface area contributed by atoms with Gasteiger partial charge in [-0.3, -0.25) is 0 Å². The maximum atomic E-state index is 15.2. The number of anilines is 1. The van der Waals surface area contributed by atoms with E-state index in [9.17, 15) is 4.79 Å². The first-order valence-corrected chi connectivity index (χ1v) is 13.6. The van der Waals surface area contributed by atoms with Gasteiger partial charge in [-0.1, -0.05) is 17.7 Å². The molecular formula is C28H33ClFN5O4. The number of benzene rings is 1. The molecular weight excluding hydrogens is 525 g/mol. The van der Waals surface area contributed by atoms with Crippen LogP contribution in [-0.4, -0.2) is 57.3 Å². The van der Waals surface area contributed by atoms with Gasteiger partial charge < -0.3 is 24.4 Å². The number of carbonyl (C=O) groups excluding carboxylic acids is 1. The monoisotopic (exact) mass is 557 g/mol. The Morgan fingerprint density at radius 3 is 2.74 bits per heavy atom. The molecule has 3 heterocycles. The van der Waals surface area contributed by atoms with Gasteiger partial charge in [-0.2, -0.15) is 0 Å². The minimum Gasteiger partial charge on any atom is -0.492 e. The highest BCUT2D eigenvalue weighted by Gasteiger charge is 2.31. The first-order chi connectivity index (χ1) is 18.6. The zero-order valence-corrected chi connectivity index (χ0v) is 23.3. The largest absolute Gasteiger partial charge is 0.492 e. The molecule has 1 aliphatic carbocycles. The predicted molar refractivity (Wildman–Crippen MR) is 146 cm³/mol. The number of rotatable bonds is 8. The van der Waals surface area contributed by atoms with Crippen LogP contribution in [0.1, 0.15) is 58.6 Å². The van der Waals surface area contributed by atoms with Crippen LogP contribution in [0.3, 0.4) is 0 Å². The molecule has 1 unspecified atom stereocenters. The van der Waals surface area contributed by atoms with Gasteiger partial charge in [0.1, 0.15) is 34.3 Å². The summed E-state index contributed by atoms with van der Waals surface area (Å²) >= 11 is 6.29. The van der Waals surface area contributed by atoms with Crippen molar-refractivity contribution in [3.8, 4) is 11.6 Å². The average molecular weight is 558 g/mol. The highest BCUT2D eigenvalue weighted by Crippen LogP contribution is 2.36. The molecule has 2 aromatic heterocycles. The third-order valence-electron chi connectivity index (χ3n) is 6.61. The van der Waals surface area contributed by atoms with E-state index in [-0.39, 0.29) is 17.2 Å². The van der Waals surface area contributed by atoms with E-state index in [2.05, 4.69) is 20.3 Å². The first-order valence-electron chi connectivity index (χ1n) is 13.2. The molecule has 11 heteroatoms. The number of likely N-dealkylation sites (tertiary alicyclic amines) is 1. The predicted octanol–water partition coefficient (Wildman–Crippen LogP) is 6.17. The SMILES string of the molecule is CC(Nc1ncnc2ccc(O[C@H]3CCN(C(=O)OC(C)(C)C)C3)nc12)c1ccc(OCC2CC2)c(Cl)c1F. The Morgan fingerprint density at radius 2 is 2.00 bits per heavy atom. The van der Waals surface area contributed by atoms with Crippen LogP contribution in [0.2, 0.25) is 5.02 Å². The van der Waals surface area contributed by atoms with Gasteiger partial charge in [0.05, 0.1) is 24.7 Å². The van der Waals surface area contributed by atoms with E-state index in [1.54, 1.807) is 29.2 Å². The van der Waals surface area contributed by atoms with Gasteiger partial charge >= 0.3 is 6.09 Å². The molecule has 1 amide bonds. The summed E-state index contributed by atoms with van der Waals surface area (Å²) in [6.07, 6.45) is 3.78. The zero-order valence-electron chi connectivity index (χ0n) is 22.5. The summed E-state index contributed by atoms with van der Waals surface area (Å²) in [5.41, 5.74) is 0.915.